The van der Waals surface area contributed by atoms with Gasteiger partial charge in [-0.15, -0.1) is 0 Å². The average Bonchev–Trinajstić information content (AvgIpc) is 2.89. The molecule has 0 radical (unpaired) electrons. The van der Waals surface area contributed by atoms with Crippen LogP contribution in [-0.2, 0) is 0 Å². The summed E-state index contributed by atoms with van der Waals surface area (Å²) in [5.41, 5.74) is 6.36. The molecule has 0 fully saturated rings. The number of aromatic amines is 1. The summed E-state index contributed by atoms with van der Waals surface area (Å²) in [6.45, 7) is 4.08. The monoisotopic (exact) mass is 279 g/mol. The van der Waals surface area contributed by atoms with E-state index >= 15 is 0 Å². The van der Waals surface area contributed by atoms with E-state index in [4.69, 9.17) is 4.74 Å². The molecule has 4 heteroatoms. The van der Waals surface area contributed by atoms with Crippen molar-refractivity contribution < 1.29 is 4.74 Å². The number of ether oxygens (including phenoxy) is 1. The highest BCUT2D eigenvalue weighted by molar-refractivity contribution is 5.82. The molecule has 0 bridgehead atoms. The second-order valence-corrected chi connectivity index (χ2v) is 5.05. The Morgan fingerprint density at radius 3 is 2.48 bits per heavy atom. The fourth-order valence-electron chi connectivity index (χ4n) is 2.51. The van der Waals surface area contributed by atoms with Crippen molar-refractivity contribution in [1.29, 1.82) is 0 Å². The van der Waals surface area contributed by atoms with Crippen LogP contribution in [0.1, 0.15) is 11.3 Å². The minimum absolute atomic E-state index is 0.839. The van der Waals surface area contributed by atoms with Gasteiger partial charge in [0.25, 0.3) is 0 Å². The third-order valence-electron chi connectivity index (χ3n) is 3.48. The minimum atomic E-state index is 0.839. The fraction of sp³-hybridized carbons (Fsp3) is 0.176. The number of nitrogens with one attached hydrogen (secondary N) is 1. The van der Waals surface area contributed by atoms with Crippen LogP contribution in [0.25, 0.3) is 22.4 Å². The van der Waals surface area contributed by atoms with E-state index in [-0.39, 0.29) is 0 Å². The summed E-state index contributed by atoms with van der Waals surface area (Å²) in [7, 11) is 1.68. The van der Waals surface area contributed by atoms with Gasteiger partial charge in [0, 0.05) is 29.2 Å². The van der Waals surface area contributed by atoms with Gasteiger partial charge in [-0.05, 0) is 55.3 Å². The van der Waals surface area contributed by atoms with E-state index in [0.29, 0.717) is 0 Å². The molecule has 0 aliphatic rings. The van der Waals surface area contributed by atoms with Crippen LogP contribution >= 0.6 is 0 Å². The third kappa shape index (κ3) is 2.52. The first kappa shape index (κ1) is 13.4. The Kier molecular flexibility index (Phi) is 3.44. The summed E-state index contributed by atoms with van der Waals surface area (Å²) in [6, 6.07) is 10.1. The smallest absolute Gasteiger partial charge is 0.119 e. The molecule has 3 rings (SSSR count). The molecule has 2 aromatic heterocycles. The van der Waals surface area contributed by atoms with E-state index in [0.717, 1.165) is 39.4 Å². The lowest BCUT2D eigenvalue weighted by molar-refractivity contribution is 0.414. The van der Waals surface area contributed by atoms with Crippen molar-refractivity contribution in [2.75, 3.05) is 7.11 Å². The number of rotatable bonds is 3. The molecule has 106 valence electrons. The van der Waals surface area contributed by atoms with Crippen LogP contribution in [0.3, 0.4) is 0 Å². The van der Waals surface area contributed by atoms with Crippen molar-refractivity contribution in [3.05, 3.63) is 54.0 Å². The molecule has 1 aromatic carbocycles. The highest BCUT2D eigenvalue weighted by atomic mass is 16.5. The van der Waals surface area contributed by atoms with Crippen LogP contribution in [0.5, 0.6) is 5.75 Å². The molecule has 0 amide bonds. The van der Waals surface area contributed by atoms with E-state index < -0.39 is 0 Å². The fourth-order valence-corrected chi connectivity index (χ4v) is 2.51. The Morgan fingerprint density at radius 2 is 1.76 bits per heavy atom. The maximum Gasteiger partial charge on any atom is 0.119 e. The van der Waals surface area contributed by atoms with E-state index in [1.165, 1.54) is 0 Å². The number of aromatic nitrogens is 3. The molecule has 4 nitrogen and oxygen atoms in total. The molecule has 0 aliphatic heterocycles. The zero-order valence-corrected chi connectivity index (χ0v) is 12.3. The van der Waals surface area contributed by atoms with Crippen LogP contribution < -0.4 is 4.74 Å². The molecular weight excluding hydrogens is 262 g/mol. The lowest BCUT2D eigenvalue weighted by Gasteiger charge is -2.08. The predicted molar refractivity (Wildman–Crippen MR) is 83.3 cm³/mol. The third-order valence-corrected chi connectivity index (χ3v) is 3.48. The van der Waals surface area contributed by atoms with Gasteiger partial charge in [0.1, 0.15) is 11.4 Å². The van der Waals surface area contributed by atoms with Crippen LogP contribution in [-0.4, -0.2) is 22.3 Å². The second-order valence-electron chi connectivity index (χ2n) is 5.05. The maximum atomic E-state index is 5.36. The topological polar surface area (TPSA) is 50.8 Å². The van der Waals surface area contributed by atoms with Gasteiger partial charge in [-0.3, -0.25) is 10.1 Å². The number of pyridine rings is 1. The van der Waals surface area contributed by atoms with Crippen LogP contribution in [0.15, 0.2) is 42.7 Å². The van der Waals surface area contributed by atoms with Crippen molar-refractivity contribution in [2.45, 2.75) is 13.8 Å². The molecule has 0 spiro atoms. The molecule has 0 saturated carbocycles. The van der Waals surface area contributed by atoms with Crippen molar-refractivity contribution in [3.8, 4) is 28.1 Å². The number of aryl methyl sites for hydroxylation is 2. The first-order chi connectivity index (χ1) is 10.2. The summed E-state index contributed by atoms with van der Waals surface area (Å²) in [4.78, 5) is 4.08. The van der Waals surface area contributed by atoms with Crippen LogP contribution in [0.4, 0.5) is 0 Å². The molecule has 0 saturated heterocycles. The molecule has 1 N–H and O–H groups in total. The zero-order chi connectivity index (χ0) is 14.8. The quantitative estimate of drug-likeness (QED) is 0.794. The summed E-state index contributed by atoms with van der Waals surface area (Å²) < 4.78 is 5.36. The summed E-state index contributed by atoms with van der Waals surface area (Å²) in [5, 5.41) is 7.56. The average molecular weight is 279 g/mol. The number of hydrogen-bond donors (Lipinski definition) is 1. The van der Waals surface area contributed by atoms with Crippen molar-refractivity contribution >= 4 is 0 Å². The predicted octanol–water partition coefficient (Wildman–Crippen LogP) is 3.76. The molecule has 21 heavy (non-hydrogen) atoms. The van der Waals surface area contributed by atoms with E-state index in [9.17, 15) is 0 Å². The molecule has 2 heterocycles. The molecule has 0 atom stereocenters. The number of methoxy groups -OCH3 is 1. The zero-order valence-electron chi connectivity index (χ0n) is 12.3. The Hall–Kier alpha value is -2.62. The van der Waals surface area contributed by atoms with E-state index in [1.807, 2.05) is 31.2 Å². The second kappa shape index (κ2) is 5.40. The van der Waals surface area contributed by atoms with Gasteiger partial charge in [-0.2, -0.15) is 5.10 Å². The van der Waals surface area contributed by atoms with Crippen molar-refractivity contribution in [1.82, 2.24) is 15.2 Å². The SMILES string of the molecule is COc1cc(C)cc(-c2n[nH]c(C)c2-c2ccncc2)c1. The minimum Gasteiger partial charge on any atom is -0.497 e. The molecule has 0 aliphatic carbocycles. The molecular formula is C17H17N3O. The first-order valence-corrected chi connectivity index (χ1v) is 6.80. The number of benzene rings is 1. The highest BCUT2D eigenvalue weighted by Crippen LogP contribution is 2.34. The maximum absolute atomic E-state index is 5.36. The summed E-state index contributed by atoms with van der Waals surface area (Å²) in [6.07, 6.45) is 3.59. The van der Waals surface area contributed by atoms with Crippen LogP contribution in [0, 0.1) is 13.8 Å². The Balaban J connectivity index is 2.19. The van der Waals surface area contributed by atoms with Gasteiger partial charge in [0.2, 0.25) is 0 Å². The van der Waals surface area contributed by atoms with Gasteiger partial charge < -0.3 is 4.74 Å². The van der Waals surface area contributed by atoms with Gasteiger partial charge >= 0.3 is 0 Å². The summed E-state index contributed by atoms with van der Waals surface area (Å²) in [5.74, 6) is 0.839. The van der Waals surface area contributed by atoms with Gasteiger partial charge in [-0.25, -0.2) is 0 Å². The van der Waals surface area contributed by atoms with E-state index in [2.05, 4.69) is 28.2 Å². The Morgan fingerprint density at radius 1 is 1.00 bits per heavy atom. The van der Waals surface area contributed by atoms with Crippen molar-refractivity contribution in [2.24, 2.45) is 0 Å². The van der Waals surface area contributed by atoms with E-state index in [1.54, 1.807) is 19.5 Å². The van der Waals surface area contributed by atoms with Gasteiger partial charge in [0.15, 0.2) is 0 Å². The molecule has 3 aromatic rings. The number of hydrogen-bond acceptors (Lipinski definition) is 3. The number of H-pyrrole nitrogens is 1. The van der Waals surface area contributed by atoms with Crippen molar-refractivity contribution in [3.63, 3.8) is 0 Å². The number of nitrogens with zero attached hydrogens (tertiary/aromatic N) is 2. The largest absolute Gasteiger partial charge is 0.497 e. The molecule has 0 unspecified atom stereocenters. The lowest BCUT2D eigenvalue weighted by Crippen LogP contribution is -1.89. The Labute approximate surface area is 123 Å². The standard InChI is InChI=1S/C17H17N3O/c1-11-8-14(10-15(9-11)21-3)17-16(12(2)19-20-17)13-4-6-18-7-5-13/h4-10H,1-3H3,(H,19,20). The lowest BCUT2D eigenvalue weighted by atomic mass is 9.99. The highest BCUT2D eigenvalue weighted by Gasteiger charge is 2.15. The van der Waals surface area contributed by atoms with Gasteiger partial charge in [-0.1, -0.05) is 0 Å². The normalized spacial score (nSPS) is 10.6. The summed E-state index contributed by atoms with van der Waals surface area (Å²) >= 11 is 0. The van der Waals surface area contributed by atoms with Gasteiger partial charge in [0.05, 0.1) is 7.11 Å². The first-order valence-electron chi connectivity index (χ1n) is 6.80. The van der Waals surface area contributed by atoms with Crippen LogP contribution in [0.2, 0.25) is 0 Å². The Bertz CT molecular complexity index is 763.